The van der Waals surface area contributed by atoms with Crippen molar-refractivity contribution < 1.29 is 12.9 Å². The summed E-state index contributed by atoms with van der Waals surface area (Å²) < 4.78 is 32.6. The van der Waals surface area contributed by atoms with Crippen LogP contribution in [0.3, 0.4) is 0 Å². The molecule has 134 valence electrons. The Balaban J connectivity index is 1.73. The molecule has 1 fully saturated rings. The summed E-state index contributed by atoms with van der Waals surface area (Å²) in [6, 6.07) is 16.3. The summed E-state index contributed by atoms with van der Waals surface area (Å²) >= 11 is 6.13. The van der Waals surface area contributed by atoms with Crippen LogP contribution in [0.15, 0.2) is 70.4 Å². The van der Waals surface area contributed by atoms with Gasteiger partial charge in [0.2, 0.25) is 16.4 Å². The summed E-state index contributed by atoms with van der Waals surface area (Å²) in [7, 11) is -3.72. The molecular weight excluding hydrogens is 374 g/mol. The van der Waals surface area contributed by atoms with Crippen LogP contribution in [0.2, 0.25) is 5.02 Å². The smallest absolute Gasteiger partial charge is 0.244 e. The quantitative estimate of drug-likeness (QED) is 0.684. The maximum Gasteiger partial charge on any atom is 0.244 e. The minimum absolute atomic E-state index is 0.0638. The Kier molecular flexibility index (Phi) is 4.52. The fourth-order valence-corrected chi connectivity index (χ4v) is 5.38. The van der Waals surface area contributed by atoms with Crippen LogP contribution < -0.4 is 0 Å². The zero-order chi connectivity index (χ0) is 18.1. The van der Waals surface area contributed by atoms with Gasteiger partial charge in [0.1, 0.15) is 4.90 Å². The monoisotopic (exact) mass is 389 g/mol. The van der Waals surface area contributed by atoms with E-state index in [1.165, 1.54) is 16.8 Å². The number of hydrogen-bond acceptors (Lipinski definition) is 5. The molecule has 0 saturated carbocycles. The van der Waals surface area contributed by atoms with Gasteiger partial charge in [-0.3, -0.25) is 0 Å². The largest absolute Gasteiger partial charge is 0.343 e. The standard InChI is InChI=1S/C18H16ClN3O3S/c19-16-8-4-5-9-17(16)26(23,24)22-10-14(13-6-2-1-3-7-13)15(11-22)18-20-12-25-21-18/h1-9,12,14-15H,10-11H2/t14-,15+/m1/s1. The van der Waals surface area contributed by atoms with Crippen molar-refractivity contribution in [1.82, 2.24) is 14.4 Å². The van der Waals surface area contributed by atoms with E-state index in [1.54, 1.807) is 18.2 Å². The molecule has 0 bridgehead atoms. The lowest BCUT2D eigenvalue weighted by Crippen LogP contribution is -2.29. The molecule has 4 rings (SSSR count). The van der Waals surface area contributed by atoms with Gasteiger partial charge < -0.3 is 4.52 Å². The van der Waals surface area contributed by atoms with Crippen LogP contribution in [0.1, 0.15) is 23.2 Å². The summed E-state index contributed by atoms with van der Waals surface area (Å²) in [5, 5.41) is 4.16. The summed E-state index contributed by atoms with van der Waals surface area (Å²) in [5.41, 5.74) is 1.04. The van der Waals surface area contributed by atoms with E-state index < -0.39 is 10.0 Å². The van der Waals surface area contributed by atoms with Gasteiger partial charge in [0.05, 0.1) is 5.02 Å². The second-order valence-electron chi connectivity index (χ2n) is 6.17. The molecule has 1 aliphatic heterocycles. The average molecular weight is 390 g/mol. The summed E-state index contributed by atoms with van der Waals surface area (Å²) in [6.45, 7) is 0.601. The molecule has 0 amide bonds. The fraction of sp³-hybridized carbons (Fsp3) is 0.222. The number of nitrogens with zero attached hydrogens (tertiary/aromatic N) is 3. The molecule has 8 heteroatoms. The maximum atomic E-state index is 13.1. The number of sulfonamides is 1. The van der Waals surface area contributed by atoms with E-state index in [-0.39, 0.29) is 28.3 Å². The Morgan fingerprint density at radius 1 is 1.00 bits per heavy atom. The normalized spacial score (nSPS) is 21.1. The third kappa shape index (κ3) is 3.02. The summed E-state index contributed by atoms with van der Waals surface area (Å²) in [6.07, 6.45) is 1.27. The minimum Gasteiger partial charge on any atom is -0.343 e. The topological polar surface area (TPSA) is 76.3 Å². The number of rotatable bonds is 4. The van der Waals surface area contributed by atoms with Crippen molar-refractivity contribution >= 4 is 21.6 Å². The molecule has 0 unspecified atom stereocenters. The van der Waals surface area contributed by atoms with Gasteiger partial charge in [-0.05, 0) is 17.7 Å². The van der Waals surface area contributed by atoms with Crippen LogP contribution in [0.5, 0.6) is 0 Å². The molecule has 0 radical (unpaired) electrons. The lowest BCUT2D eigenvalue weighted by Gasteiger charge is -2.17. The molecule has 1 aliphatic rings. The van der Waals surface area contributed by atoms with E-state index in [2.05, 4.69) is 10.1 Å². The number of hydrogen-bond donors (Lipinski definition) is 0. The molecule has 2 atom stereocenters. The van der Waals surface area contributed by atoms with Crippen molar-refractivity contribution in [2.75, 3.05) is 13.1 Å². The molecule has 0 N–H and O–H groups in total. The van der Waals surface area contributed by atoms with E-state index in [1.807, 2.05) is 30.3 Å². The van der Waals surface area contributed by atoms with Gasteiger partial charge in [0.15, 0.2) is 5.82 Å². The van der Waals surface area contributed by atoms with Crippen molar-refractivity contribution in [3.05, 3.63) is 77.4 Å². The van der Waals surface area contributed by atoms with Crippen molar-refractivity contribution in [3.8, 4) is 0 Å². The molecule has 26 heavy (non-hydrogen) atoms. The molecule has 1 saturated heterocycles. The molecule has 2 heterocycles. The highest BCUT2D eigenvalue weighted by Crippen LogP contribution is 2.41. The van der Waals surface area contributed by atoms with Crippen LogP contribution in [-0.2, 0) is 10.0 Å². The van der Waals surface area contributed by atoms with Crippen molar-refractivity contribution in [3.63, 3.8) is 0 Å². The van der Waals surface area contributed by atoms with E-state index in [0.717, 1.165) is 5.56 Å². The second kappa shape index (κ2) is 6.83. The Morgan fingerprint density at radius 3 is 2.38 bits per heavy atom. The Labute approximate surface area is 156 Å². The highest BCUT2D eigenvalue weighted by atomic mass is 35.5. The third-order valence-corrected chi connectivity index (χ3v) is 7.01. The third-order valence-electron chi connectivity index (χ3n) is 4.68. The van der Waals surface area contributed by atoms with Gasteiger partial charge in [0.25, 0.3) is 0 Å². The first kappa shape index (κ1) is 17.2. The van der Waals surface area contributed by atoms with Gasteiger partial charge in [-0.2, -0.15) is 9.29 Å². The zero-order valence-electron chi connectivity index (χ0n) is 13.7. The van der Waals surface area contributed by atoms with E-state index in [9.17, 15) is 8.42 Å². The summed E-state index contributed by atoms with van der Waals surface area (Å²) in [5.74, 6) is 0.259. The molecule has 6 nitrogen and oxygen atoms in total. The first-order valence-electron chi connectivity index (χ1n) is 8.13. The Bertz CT molecular complexity index is 994. The number of halogens is 1. The number of benzene rings is 2. The molecule has 1 aromatic heterocycles. The van der Waals surface area contributed by atoms with Gasteiger partial charge in [-0.25, -0.2) is 8.42 Å². The molecule has 0 spiro atoms. The molecule has 3 aromatic rings. The lowest BCUT2D eigenvalue weighted by atomic mass is 9.88. The van der Waals surface area contributed by atoms with Gasteiger partial charge in [-0.15, -0.1) is 0 Å². The van der Waals surface area contributed by atoms with E-state index in [0.29, 0.717) is 12.4 Å². The second-order valence-corrected chi connectivity index (χ2v) is 8.48. The zero-order valence-corrected chi connectivity index (χ0v) is 15.3. The SMILES string of the molecule is O=S(=O)(c1ccccc1Cl)N1C[C@H](c2ccccc2)[C@@H](c2ncon2)C1. The lowest BCUT2D eigenvalue weighted by molar-refractivity contribution is 0.401. The van der Waals surface area contributed by atoms with Crippen LogP contribution in [-0.4, -0.2) is 36.0 Å². The molecule has 0 aliphatic carbocycles. The van der Waals surface area contributed by atoms with Crippen LogP contribution in [0, 0.1) is 0 Å². The maximum absolute atomic E-state index is 13.1. The van der Waals surface area contributed by atoms with E-state index >= 15 is 0 Å². The van der Waals surface area contributed by atoms with E-state index in [4.69, 9.17) is 16.1 Å². The van der Waals surface area contributed by atoms with Crippen LogP contribution in [0.4, 0.5) is 0 Å². The van der Waals surface area contributed by atoms with Crippen LogP contribution >= 0.6 is 11.6 Å². The highest BCUT2D eigenvalue weighted by Gasteiger charge is 2.43. The van der Waals surface area contributed by atoms with Crippen molar-refractivity contribution in [2.45, 2.75) is 16.7 Å². The van der Waals surface area contributed by atoms with Gasteiger partial charge in [0, 0.05) is 24.9 Å². The van der Waals surface area contributed by atoms with Crippen molar-refractivity contribution in [2.24, 2.45) is 0 Å². The van der Waals surface area contributed by atoms with Gasteiger partial charge >= 0.3 is 0 Å². The fourth-order valence-electron chi connectivity index (χ4n) is 3.40. The molecular formula is C18H16ClN3O3S. The predicted molar refractivity (Wildman–Crippen MR) is 96.4 cm³/mol. The van der Waals surface area contributed by atoms with Crippen LogP contribution in [0.25, 0.3) is 0 Å². The predicted octanol–water partition coefficient (Wildman–Crippen LogP) is 3.29. The van der Waals surface area contributed by atoms with Gasteiger partial charge in [-0.1, -0.05) is 59.2 Å². The molecule has 2 aromatic carbocycles. The Hall–Kier alpha value is -2.22. The average Bonchev–Trinajstić information content (AvgIpc) is 3.32. The summed E-state index contributed by atoms with van der Waals surface area (Å²) in [4.78, 5) is 4.27. The van der Waals surface area contributed by atoms with Crippen molar-refractivity contribution in [1.29, 1.82) is 0 Å². The first-order chi connectivity index (χ1) is 12.6. The first-order valence-corrected chi connectivity index (χ1v) is 9.95. The highest BCUT2D eigenvalue weighted by molar-refractivity contribution is 7.89. The Morgan fingerprint density at radius 2 is 1.69 bits per heavy atom. The minimum atomic E-state index is -3.72. The number of aromatic nitrogens is 2.